The summed E-state index contributed by atoms with van der Waals surface area (Å²) in [5.74, 6) is -1.41. The van der Waals surface area contributed by atoms with Crippen LogP contribution in [0.5, 0.6) is 0 Å². The molecule has 6 nitrogen and oxygen atoms in total. The number of carbonyl (C=O) groups is 2. The van der Waals surface area contributed by atoms with Crippen molar-refractivity contribution in [3.8, 4) is 10.6 Å². The van der Waals surface area contributed by atoms with Gasteiger partial charge in [-0.25, -0.2) is 9.78 Å². The lowest BCUT2D eigenvalue weighted by Gasteiger charge is -2.11. The van der Waals surface area contributed by atoms with E-state index >= 15 is 0 Å². The topological polar surface area (TPSA) is 92.4 Å². The fourth-order valence-corrected chi connectivity index (χ4v) is 2.62. The molecule has 0 spiro atoms. The minimum absolute atomic E-state index is 0.0496. The molecule has 2 heterocycles. The number of carboxylic acids is 1. The van der Waals surface area contributed by atoms with Gasteiger partial charge in [-0.15, -0.1) is 11.3 Å². The maximum atomic E-state index is 11.9. The Labute approximate surface area is 131 Å². The van der Waals surface area contributed by atoms with Crippen molar-refractivity contribution in [2.45, 2.75) is 25.8 Å². The van der Waals surface area contributed by atoms with Crippen LogP contribution < -0.4 is 5.32 Å². The number of nitrogens with zero attached hydrogens (tertiary/aromatic N) is 1. The van der Waals surface area contributed by atoms with Crippen molar-refractivity contribution in [3.05, 3.63) is 41.8 Å². The molecule has 1 amide bonds. The van der Waals surface area contributed by atoms with Crippen LogP contribution in [0.3, 0.4) is 0 Å². The molecule has 2 aromatic rings. The van der Waals surface area contributed by atoms with Gasteiger partial charge in [-0.3, -0.25) is 4.79 Å². The molecule has 0 aromatic carbocycles. The first-order valence-electron chi connectivity index (χ1n) is 6.70. The maximum absolute atomic E-state index is 11.9. The number of hydrogen-bond acceptors (Lipinski definition) is 5. The van der Waals surface area contributed by atoms with E-state index in [4.69, 9.17) is 9.52 Å². The van der Waals surface area contributed by atoms with E-state index < -0.39 is 12.0 Å². The van der Waals surface area contributed by atoms with Crippen LogP contribution in [-0.2, 0) is 16.0 Å². The molecule has 0 saturated heterocycles. The van der Waals surface area contributed by atoms with Crippen LogP contribution in [0, 0.1) is 0 Å². The van der Waals surface area contributed by atoms with Crippen molar-refractivity contribution in [1.29, 1.82) is 0 Å². The second-order valence-electron chi connectivity index (χ2n) is 4.60. The molecule has 7 heteroatoms. The van der Waals surface area contributed by atoms with Gasteiger partial charge in [-0.2, -0.15) is 0 Å². The summed E-state index contributed by atoms with van der Waals surface area (Å²) in [5, 5.41) is 14.1. The monoisotopic (exact) mass is 320 g/mol. The van der Waals surface area contributed by atoms with E-state index in [2.05, 4.69) is 10.3 Å². The number of aromatic nitrogens is 1. The number of aliphatic carboxylic acids is 1. The van der Waals surface area contributed by atoms with E-state index in [-0.39, 0.29) is 18.7 Å². The van der Waals surface area contributed by atoms with Crippen LogP contribution in [0.25, 0.3) is 10.6 Å². The highest BCUT2D eigenvalue weighted by Gasteiger charge is 2.19. The number of carbonyl (C=O) groups excluding carboxylic acids is 1. The number of nitrogens with one attached hydrogen (secondary N) is 1. The molecule has 2 aromatic heterocycles. The zero-order chi connectivity index (χ0) is 15.9. The van der Waals surface area contributed by atoms with Crippen LogP contribution in [-0.4, -0.2) is 28.0 Å². The van der Waals surface area contributed by atoms with Crippen molar-refractivity contribution in [2.75, 3.05) is 0 Å². The van der Waals surface area contributed by atoms with E-state index in [0.29, 0.717) is 5.69 Å². The van der Waals surface area contributed by atoms with Gasteiger partial charge in [0.1, 0.15) is 17.3 Å². The van der Waals surface area contributed by atoms with Gasteiger partial charge in [0.05, 0.1) is 18.4 Å². The lowest BCUT2D eigenvalue weighted by Crippen LogP contribution is -2.41. The van der Waals surface area contributed by atoms with Crippen molar-refractivity contribution >= 4 is 23.2 Å². The summed E-state index contributed by atoms with van der Waals surface area (Å²) in [6.07, 6.45) is 6.91. The van der Waals surface area contributed by atoms with Crippen LogP contribution in [0.4, 0.5) is 0 Å². The standard InChI is InChI=1S/C15H16N2O4S/c1-2-3-4-12(15(19)20)17-13(18)7-11-9-22-14(16-11)10-5-6-21-8-10/h2-3,5-6,8-9,12H,4,7H2,1H3,(H,17,18)(H,19,20)/b3-2+. The SMILES string of the molecule is C/C=C/CC(NC(=O)Cc1csc(-c2ccoc2)n1)C(=O)O. The normalized spacial score (nSPS) is 12.4. The second kappa shape index (κ2) is 7.56. The molecular formula is C15H16N2O4S. The van der Waals surface area contributed by atoms with Crippen molar-refractivity contribution < 1.29 is 19.1 Å². The number of hydrogen-bond donors (Lipinski definition) is 2. The zero-order valence-corrected chi connectivity index (χ0v) is 12.8. The van der Waals surface area contributed by atoms with E-state index in [1.54, 1.807) is 43.0 Å². The Hall–Kier alpha value is -2.41. The molecule has 1 atom stereocenters. The number of rotatable bonds is 7. The maximum Gasteiger partial charge on any atom is 0.326 e. The Balaban J connectivity index is 1.95. The zero-order valence-electron chi connectivity index (χ0n) is 12.0. The van der Waals surface area contributed by atoms with E-state index in [1.807, 2.05) is 0 Å². The van der Waals surface area contributed by atoms with Crippen molar-refractivity contribution in [2.24, 2.45) is 0 Å². The largest absolute Gasteiger partial charge is 0.480 e. The van der Waals surface area contributed by atoms with Gasteiger partial charge in [0.15, 0.2) is 0 Å². The minimum atomic E-state index is -1.05. The third-order valence-corrected chi connectivity index (χ3v) is 3.84. The molecule has 0 aliphatic rings. The predicted octanol–water partition coefficient (Wildman–Crippen LogP) is 2.48. The molecule has 0 aliphatic carbocycles. The second-order valence-corrected chi connectivity index (χ2v) is 5.45. The van der Waals surface area contributed by atoms with Gasteiger partial charge >= 0.3 is 5.97 Å². The molecule has 1 unspecified atom stereocenters. The summed E-state index contributed by atoms with van der Waals surface area (Å²) in [6.45, 7) is 1.80. The molecule has 0 aliphatic heterocycles. The highest BCUT2D eigenvalue weighted by molar-refractivity contribution is 7.13. The summed E-state index contributed by atoms with van der Waals surface area (Å²) in [7, 11) is 0. The molecular weight excluding hydrogens is 304 g/mol. The van der Waals surface area contributed by atoms with Gasteiger partial charge in [-0.1, -0.05) is 12.2 Å². The van der Waals surface area contributed by atoms with Gasteiger partial charge in [0, 0.05) is 10.9 Å². The smallest absolute Gasteiger partial charge is 0.326 e. The summed E-state index contributed by atoms with van der Waals surface area (Å²) < 4.78 is 4.99. The van der Waals surface area contributed by atoms with Crippen LogP contribution in [0.2, 0.25) is 0 Å². The fraction of sp³-hybridized carbons (Fsp3) is 0.267. The Bertz CT molecular complexity index is 661. The quantitative estimate of drug-likeness (QED) is 0.765. The van der Waals surface area contributed by atoms with Crippen LogP contribution in [0.15, 0.2) is 40.5 Å². The Morgan fingerprint density at radius 1 is 1.55 bits per heavy atom. The van der Waals surface area contributed by atoms with Gasteiger partial charge in [0.25, 0.3) is 0 Å². The molecule has 0 saturated carbocycles. The molecule has 116 valence electrons. The first-order valence-corrected chi connectivity index (χ1v) is 7.58. The van der Waals surface area contributed by atoms with E-state index in [1.165, 1.54) is 11.3 Å². The minimum Gasteiger partial charge on any atom is -0.480 e. The average Bonchev–Trinajstić information content (AvgIpc) is 3.13. The third kappa shape index (κ3) is 4.29. The average molecular weight is 320 g/mol. The highest BCUT2D eigenvalue weighted by Crippen LogP contribution is 2.24. The van der Waals surface area contributed by atoms with E-state index in [0.717, 1.165) is 10.6 Å². The van der Waals surface area contributed by atoms with Gasteiger partial charge < -0.3 is 14.8 Å². The van der Waals surface area contributed by atoms with E-state index in [9.17, 15) is 9.59 Å². The van der Waals surface area contributed by atoms with Crippen LogP contribution >= 0.6 is 11.3 Å². The molecule has 2 rings (SSSR count). The first-order chi connectivity index (χ1) is 10.6. The first kappa shape index (κ1) is 16.0. The fourth-order valence-electron chi connectivity index (χ4n) is 1.81. The predicted molar refractivity (Wildman–Crippen MR) is 82.5 cm³/mol. The molecule has 0 radical (unpaired) electrons. The Morgan fingerprint density at radius 3 is 3.00 bits per heavy atom. The van der Waals surface area contributed by atoms with Crippen molar-refractivity contribution in [3.63, 3.8) is 0 Å². The lowest BCUT2D eigenvalue weighted by atomic mass is 10.2. The summed E-state index contributed by atoms with van der Waals surface area (Å²) in [6, 6.07) is 0.871. The van der Waals surface area contributed by atoms with Gasteiger partial charge in [0.2, 0.25) is 5.91 Å². The summed E-state index contributed by atoms with van der Waals surface area (Å²) in [4.78, 5) is 27.4. The number of thiazole rings is 1. The Morgan fingerprint density at radius 2 is 2.36 bits per heavy atom. The highest BCUT2D eigenvalue weighted by atomic mass is 32.1. The lowest BCUT2D eigenvalue weighted by molar-refractivity contribution is -0.141. The number of furan rings is 1. The van der Waals surface area contributed by atoms with Crippen LogP contribution in [0.1, 0.15) is 19.0 Å². The molecule has 0 bridgehead atoms. The van der Waals surface area contributed by atoms with Gasteiger partial charge in [-0.05, 0) is 19.4 Å². The molecule has 22 heavy (non-hydrogen) atoms. The van der Waals surface area contributed by atoms with Crippen molar-refractivity contribution in [1.82, 2.24) is 10.3 Å². The molecule has 2 N–H and O–H groups in total. The number of amides is 1. The summed E-state index contributed by atoms with van der Waals surface area (Å²) in [5.41, 5.74) is 1.46. The third-order valence-electron chi connectivity index (χ3n) is 2.90. The number of allylic oxidation sites excluding steroid dienone is 1. The number of carboxylic acid groups (broad SMARTS) is 1. The Kier molecular flexibility index (Phi) is 5.48. The summed E-state index contributed by atoms with van der Waals surface area (Å²) >= 11 is 1.41. The molecule has 0 fully saturated rings.